The molecule has 150 valence electrons. The molecule has 0 nitrogen and oxygen atoms in total. The molecule has 0 atom stereocenters. The van der Waals surface area contributed by atoms with Crippen molar-refractivity contribution in [2.45, 2.75) is 51.6 Å². The van der Waals surface area contributed by atoms with Gasteiger partial charge in [0.25, 0.3) is 0 Å². The van der Waals surface area contributed by atoms with E-state index in [1.165, 1.54) is 47.1 Å². The van der Waals surface area contributed by atoms with Crippen LogP contribution in [-0.2, 0) is 25.4 Å². The van der Waals surface area contributed by atoms with Crippen LogP contribution in [0.2, 0.25) is 0 Å². The fourth-order valence-corrected chi connectivity index (χ4v) is 4.22. The van der Waals surface area contributed by atoms with Crippen molar-refractivity contribution in [3.63, 3.8) is 0 Å². The van der Waals surface area contributed by atoms with Gasteiger partial charge in [0.05, 0.1) is 5.56 Å². The highest BCUT2D eigenvalue weighted by atomic mass is 19.4. The van der Waals surface area contributed by atoms with Gasteiger partial charge in [0.2, 0.25) is 0 Å². The number of fused-ring (bicyclic) bond motifs is 3. The maximum atomic E-state index is 12.8. The third-order valence-electron chi connectivity index (χ3n) is 5.84. The van der Waals surface area contributed by atoms with E-state index in [0.29, 0.717) is 0 Å². The number of alkyl halides is 3. The van der Waals surface area contributed by atoms with Crippen molar-refractivity contribution in [2.24, 2.45) is 0 Å². The van der Waals surface area contributed by atoms with E-state index in [2.05, 4.69) is 37.3 Å². The van der Waals surface area contributed by atoms with Crippen LogP contribution < -0.4 is 0 Å². The molecule has 0 saturated carbocycles. The van der Waals surface area contributed by atoms with Gasteiger partial charge >= 0.3 is 6.18 Å². The van der Waals surface area contributed by atoms with Crippen LogP contribution in [0.3, 0.4) is 0 Å². The molecule has 1 aliphatic carbocycles. The molecule has 0 bridgehead atoms. The summed E-state index contributed by atoms with van der Waals surface area (Å²) in [4.78, 5) is 0. The first-order chi connectivity index (χ1) is 14.0. The lowest BCUT2D eigenvalue weighted by molar-refractivity contribution is -0.137. The summed E-state index contributed by atoms with van der Waals surface area (Å²) in [6, 6.07) is 18.6. The van der Waals surface area contributed by atoms with Crippen molar-refractivity contribution in [3.8, 4) is 22.3 Å². The van der Waals surface area contributed by atoms with Crippen LogP contribution in [-0.4, -0.2) is 0 Å². The van der Waals surface area contributed by atoms with Crippen LogP contribution >= 0.6 is 0 Å². The van der Waals surface area contributed by atoms with Gasteiger partial charge in [-0.2, -0.15) is 13.2 Å². The Morgan fingerprint density at radius 3 is 2.00 bits per heavy atom. The minimum Gasteiger partial charge on any atom is -0.166 e. The number of aryl methyl sites for hydroxylation is 3. The summed E-state index contributed by atoms with van der Waals surface area (Å²) in [5.41, 5.74) is 7.83. The summed E-state index contributed by atoms with van der Waals surface area (Å²) in [5, 5.41) is 0. The maximum Gasteiger partial charge on any atom is 0.416 e. The fraction of sp³-hybridized carbons (Fsp3) is 0.308. The number of hydrogen-bond donors (Lipinski definition) is 0. The fourth-order valence-electron chi connectivity index (χ4n) is 4.22. The monoisotopic (exact) mass is 394 g/mol. The van der Waals surface area contributed by atoms with Crippen molar-refractivity contribution in [3.05, 3.63) is 82.9 Å². The molecule has 0 radical (unpaired) electrons. The first-order valence-electron chi connectivity index (χ1n) is 10.4. The van der Waals surface area contributed by atoms with Crippen LogP contribution in [0.4, 0.5) is 13.2 Å². The van der Waals surface area contributed by atoms with Crippen LogP contribution in [0.15, 0.2) is 60.7 Å². The molecule has 0 unspecified atom stereocenters. The minimum atomic E-state index is -4.30. The smallest absolute Gasteiger partial charge is 0.166 e. The summed E-state index contributed by atoms with van der Waals surface area (Å²) in [7, 11) is 0. The number of halogens is 3. The summed E-state index contributed by atoms with van der Waals surface area (Å²) in [6.45, 7) is 2.22. The molecule has 1 aliphatic rings. The maximum absolute atomic E-state index is 12.8. The highest BCUT2D eigenvalue weighted by Gasteiger charge is 2.30. The lowest BCUT2D eigenvalue weighted by Gasteiger charge is -2.22. The van der Waals surface area contributed by atoms with Crippen molar-refractivity contribution >= 4 is 0 Å². The molecule has 3 aromatic rings. The Hall–Kier alpha value is -2.55. The SMILES string of the molecule is CCCCCc1ccc2c(c1)CCc1cc(-c3ccc(C(F)(F)F)cc3)ccc1-2. The van der Waals surface area contributed by atoms with Gasteiger partial charge in [-0.3, -0.25) is 0 Å². The summed E-state index contributed by atoms with van der Waals surface area (Å²) < 4.78 is 38.4. The Kier molecular flexibility index (Phi) is 5.49. The lowest BCUT2D eigenvalue weighted by atomic mass is 9.83. The molecule has 0 N–H and O–H groups in total. The number of unbranched alkanes of at least 4 members (excludes halogenated alkanes) is 2. The highest BCUT2D eigenvalue weighted by Crippen LogP contribution is 2.37. The summed E-state index contributed by atoms with van der Waals surface area (Å²) in [5.74, 6) is 0. The van der Waals surface area contributed by atoms with Crippen LogP contribution in [0, 0.1) is 0 Å². The van der Waals surface area contributed by atoms with E-state index in [-0.39, 0.29) is 0 Å². The van der Waals surface area contributed by atoms with Crippen molar-refractivity contribution < 1.29 is 13.2 Å². The molecule has 4 rings (SSSR count). The second kappa shape index (κ2) is 8.06. The predicted molar refractivity (Wildman–Crippen MR) is 113 cm³/mol. The van der Waals surface area contributed by atoms with E-state index < -0.39 is 11.7 Å². The van der Waals surface area contributed by atoms with Crippen LogP contribution in [0.5, 0.6) is 0 Å². The Morgan fingerprint density at radius 1 is 0.724 bits per heavy atom. The van der Waals surface area contributed by atoms with Gasteiger partial charge in [-0.05, 0) is 76.8 Å². The van der Waals surface area contributed by atoms with Gasteiger partial charge in [0.15, 0.2) is 0 Å². The first-order valence-corrected chi connectivity index (χ1v) is 10.4. The average molecular weight is 394 g/mol. The molecule has 0 aliphatic heterocycles. The van der Waals surface area contributed by atoms with Gasteiger partial charge in [-0.15, -0.1) is 0 Å². The molecule has 0 amide bonds. The van der Waals surface area contributed by atoms with Crippen LogP contribution in [0.25, 0.3) is 22.3 Å². The van der Waals surface area contributed by atoms with E-state index in [1.807, 2.05) is 6.07 Å². The minimum absolute atomic E-state index is 0.608. The van der Waals surface area contributed by atoms with E-state index in [1.54, 1.807) is 12.1 Å². The molecule has 29 heavy (non-hydrogen) atoms. The Labute approximate surface area is 170 Å². The van der Waals surface area contributed by atoms with E-state index in [4.69, 9.17) is 0 Å². The van der Waals surface area contributed by atoms with Crippen molar-refractivity contribution in [1.82, 2.24) is 0 Å². The second-order valence-electron chi connectivity index (χ2n) is 7.90. The van der Waals surface area contributed by atoms with Gasteiger partial charge in [-0.1, -0.05) is 68.3 Å². The molecule has 0 saturated heterocycles. The largest absolute Gasteiger partial charge is 0.416 e. The van der Waals surface area contributed by atoms with Gasteiger partial charge in [0, 0.05) is 0 Å². The zero-order valence-corrected chi connectivity index (χ0v) is 16.7. The molecule has 0 spiro atoms. The second-order valence-corrected chi connectivity index (χ2v) is 7.90. The molecule has 3 heteroatoms. The van der Waals surface area contributed by atoms with E-state index in [0.717, 1.165) is 42.5 Å². The summed E-state index contributed by atoms with van der Waals surface area (Å²) in [6.07, 6.45) is 2.57. The zero-order chi connectivity index (χ0) is 20.4. The lowest BCUT2D eigenvalue weighted by Crippen LogP contribution is -2.05. The standard InChI is InChI=1S/C26H25F3/c1-2-3-4-5-18-6-14-24-21(16-18)7-8-22-17-20(11-15-25(22)24)19-9-12-23(13-10-19)26(27,28)29/h6,9-17H,2-5,7-8H2,1H3. The predicted octanol–water partition coefficient (Wildman–Crippen LogP) is 7.87. The van der Waals surface area contributed by atoms with Gasteiger partial charge in [-0.25, -0.2) is 0 Å². The quantitative estimate of drug-likeness (QED) is 0.386. The van der Waals surface area contributed by atoms with Crippen molar-refractivity contribution in [2.75, 3.05) is 0 Å². The van der Waals surface area contributed by atoms with E-state index >= 15 is 0 Å². The Balaban J connectivity index is 1.59. The Bertz CT molecular complexity index is 997. The number of benzene rings is 3. The molecule has 3 aromatic carbocycles. The number of hydrogen-bond acceptors (Lipinski definition) is 0. The van der Waals surface area contributed by atoms with E-state index in [9.17, 15) is 13.2 Å². The topological polar surface area (TPSA) is 0 Å². The molecular weight excluding hydrogens is 369 g/mol. The number of rotatable bonds is 5. The molecule has 0 heterocycles. The normalized spacial score (nSPS) is 13.1. The van der Waals surface area contributed by atoms with Gasteiger partial charge in [0.1, 0.15) is 0 Å². The third-order valence-corrected chi connectivity index (χ3v) is 5.84. The third kappa shape index (κ3) is 4.24. The highest BCUT2D eigenvalue weighted by molar-refractivity contribution is 5.77. The molecule has 0 fully saturated rings. The summed E-state index contributed by atoms with van der Waals surface area (Å²) >= 11 is 0. The Morgan fingerprint density at radius 2 is 1.34 bits per heavy atom. The zero-order valence-electron chi connectivity index (χ0n) is 16.7. The van der Waals surface area contributed by atoms with Crippen molar-refractivity contribution in [1.29, 1.82) is 0 Å². The average Bonchev–Trinajstić information content (AvgIpc) is 2.73. The molecular formula is C26H25F3. The first kappa shape index (κ1) is 19.8. The van der Waals surface area contributed by atoms with Crippen LogP contribution in [0.1, 0.15) is 48.4 Å². The van der Waals surface area contributed by atoms with Gasteiger partial charge < -0.3 is 0 Å². The molecule has 0 aromatic heterocycles.